The predicted octanol–water partition coefficient (Wildman–Crippen LogP) is 17.9. The van der Waals surface area contributed by atoms with Crippen LogP contribution < -0.4 is 9.80 Å². The van der Waals surface area contributed by atoms with E-state index in [-0.39, 0.29) is 5.41 Å². The summed E-state index contributed by atoms with van der Waals surface area (Å²) in [7, 11) is 0. The Morgan fingerprint density at radius 2 is 0.620 bits per heavy atom. The molecule has 0 saturated heterocycles. The standard InChI is InChI=1S/C65H46N4O2/c1-65(2)57-41-53(68(49-13-5-3-6-14-49)51-33-29-45(30-34-51)43-21-25-47(26-22-43)63-66-59-17-9-11-19-61(59)70-63)37-39-55(57)56-40-38-54(42-58(56)65)69(50-15-7-4-8-16-50)52-35-31-46(32-36-52)44-23-27-48(28-24-44)64-67-60-18-10-12-20-62(60)71-64/h3-42H,1-2H3. The van der Waals surface area contributed by atoms with Gasteiger partial charge in [-0.2, -0.15) is 0 Å². The van der Waals surface area contributed by atoms with E-state index in [0.29, 0.717) is 11.8 Å². The number of rotatable bonds is 10. The number of para-hydroxylation sites is 6. The Hall–Kier alpha value is -9.26. The molecule has 0 fully saturated rings. The van der Waals surface area contributed by atoms with Crippen LogP contribution in [-0.2, 0) is 5.41 Å². The molecule has 0 bridgehead atoms. The van der Waals surface area contributed by atoms with Gasteiger partial charge in [-0.05, 0) is 166 Å². The highest BCUT2D eigenvalue weighted by atomic mass is 16.4. The molecule has 0 spiro atoms. The summed E-state index contributed by atoms with van der Waals surface area (Å²) >= 11 is 0. The second kappa shape index (κ2) is 17.1. The Kier molecular flexibility index (Phi) is 10.1. The lowest BCUT2D eigenvalue weighted by molar-refractivity contribution is 0.619. The molecule has 71 heavy (non-hydrogen) atoms. The van der Waals surface area contributed by atoms with Gasteiger partial charge in [0.05, 0.1) is 0 Å². The van der Waals surface area contributed by atoms with E-state index < -0.39 is 0 Å². The van der Waals surface area contributed by atoms with Gasteiger partial charge < -0.3 is 18.6 Å². The fraction of sp³-hybridized carbons (Fsp3) is 0.0462. The fourth-order valence-corrected chi connectivity index (χ4v) is 10.2. The van der Waals surface area contributed by atoms with Crippen LogP contribution in [0.4, 0.5) is 34.1 Å². The molecule has 0 atom stereocenters. The van der Waals surface area contributed by atoms with Crippen molar-refractivity contribution in [3.8, 4) is 56.3 Å². The third-order valence-corrected chi connectivity index (χ3v) is 14.0. The molecule has 6 heteroatoms. The van der Waals surface area contributed by atoms with Crippen LogP contribution in [0.5, 0.6) is 0 Å². The maximum Gasteiger partial charge on any atom is 0.227 e. The topological polar surface area (TPSA) is 58.5 Å². The maximum atomic E-state index is 6.04. The molecule has 12 aromatic rings. The minimum atomic E-state index is -0.275. The highest BCUT2D eigenvalue weighted by molar-refractivity contribution is 5.89. The van der Waals surface area contributed by atoms with Gasteiger partial charge in [0.2, 0.25) is 11.8 Å². The third kappa shape index (κ3) is 7.54. The van der Waals surface area contributed by atoms with E-state index in [1.807, 2.05) is 48.5 Å². The monoisotopic (exact) mass is 914 g/mol. The van der Waals surface area contributed by atoms with E-state index in [1.54, 1.807) is 0 Å². The van der Waals surface area contributed by atoms with Gasteiger partial charge >= 0.3 is 0 Å². The highest BCUT2D eigenvalue weighted by Crippen LogP contribution is 2.52. The van der Waals surface area contributed by atoms with Crippen LogP contribution in [0, 0.1) is 0 Å². The van der Waals surface area contributed by atoms with Crippen LogP contribution in [0.3, 0.4) is 0 Å². The van der Waals surface area contributed by atoms with Gasteiger partial charge in [-0.25, -0.2) is 9.97 Å². The number of hydrogen-bond acceptors (Lipinski definition) is 6. The van der Waals surface area contributed by atoms with E-state index in [4.69, 9.17) is 18.8 Å². The fourth-order valence-electron chi connectivity index (χ4n) is 10.2. The summed E-state index contributed by atoms with van der Waals surface area (Å²) in [4.78, 5) is 14.1. The second-order valence-electron chi connectivity index (χ2n) is 18.6. The number of benzene rings is 10. The lowest BCUT2D eigenvalue weighted by Crippen LogP contribution is -2.17. The van der Waals surface area contributed by atoms with Crippen LogP contribution in [-0.4, -0.2) is 9.97 Å². The Morgan fingerprint density at radius 3 is 1.00 bits per heavy atom. The molecular formula is C65H46N4O2. The normalized spacial score (nSPS) is 12.5. The second-order valence-corrected chi connectivity index (χ2v) is 18.6. The van der Waals surface area contributed by atoms with E-state index in [2.05, 4.69) is 218 Å². The first-order valence-corrected chi connectivity index (χ1v) is 24.0. The molecule has 1 aliphatic carbocycles. The quantitative estimate of drug-likeness (QED) is 0.136. The average molecular weight is 915 g/mol. The van der Waals surface area contributed by atoms with Crippen molar-refractivity contribution in [2.75, 3.05) is 9.80 Å². The van der Waals surface area contributed by atoms with Crippen molar-refractivity contribution in [2.24, 2.45) is 0 Å². The molecule has 0 N–H and O–H groups in total. The van der Waals surface area contributed by atoms with E-state index in [1.165, 1.54) is 22.3 Å². The van der Waals surface area contributed by atoms with Crippen molar-refractivity contribution in [1.29, 1.82) is 0 Å². The Morgan fingerprint density at radius 1 is 0.310 bits per heavy atom. The van der Waals surface area contributed by atoms with Gasteiger partial charge in [-0.15, -0.1) is 0 Å². The molecule has 0 aliphatic heterocycles. The molecule has 1 aliphatic rings. The van der Waals surface area contributed by atoms with Gasteiger partial charge in [-0.3, -0.25) is 0 Å². The van der Waals surface area contributed by atoms with Crippen molar-refractivity contribution in [1.82, 2.24) is 9.97 Å². The summed E-state index contributed by atoms with van der Waals surface area (Å²) < 4.78 is 12.1. The molecule has 0 radical (unpaired) electrons. The number of oxazole rings is 2. The zero-order chi connectivity index (χ0) is 47.5. The van der Waals surface area contributed by atoms with E-state index in [9.17, 15) is 0 Å². The molecule has 0 amide bonds. The number of nitrogens with zero attached hydrogens (tertiary/aromatic N) is 4. The first-order valence-electron chi connectivity index (χ1n) is 24.0. The Bertz CT molecular complexity index is 3560. The predicted molar refractivity (Wildman–Crippen MR) is 290 cm³/mol. The zero-order valence-corrected chi connectivity index (χ0v) is 39.2. The van der Waals surface area contributed by atoms with Crippen LogP contribution in [0.25, 0.3) is 78.5 Å². The summed E-state index contributed by atoms with van der Waals surface area (Å²) in [5, 5.41) is 0. The molecular weight excluding hydrogens is 869 g/mol. The van der Waals surface area contributed by atoms with Crippen molar-refractivity contribution >= 4 is 56.3 Å². The first kappa shape index (κ1) is 41.9. The highest BCUT2D eigenvalue weighted by Gasteiger charge is 2.37. The minimum Gasteiger partial charge on any atom is -0.436 e. The molecule has 338 valence electrons. The van der Waals surface area contributed by atoms with E-state index in [0.717, 1.165) is 89.7 Å². The van der Waals surface area contributed by atoms with Gasteiger partial charge in [0.1, 0.15) is 11.0 Å². The Balaban J connectivity index is 0.792. The van der Waals surface area contributed by atoms with Crippen LogP contribution in [0.1, 0.15) is 25.0 Å². The van der Waals surface area contributed by atoms with Crippen LogP contribution in [0.15, 0.2) is 251 Å². The minimum absolute atomic E-state index is 0.275. The molecule has 0 saturated carbocycles. The summed E-state index contributed by atoms with van der Waals surface area (Å²) in [6.45, 7) is 4.72. The van der Waals surface area contributed by atoms with Crippen molar-refractivity contribution in [2.45, 2.75) is 19.3 Å². The molecule has 13 rings (SSSR count). The molecule has 2 aromatic heterocycles. The third-order valence-electron chi connectivity index (χ3n) is 14.0. The number of fused-ring (bicyclic) bond motifs is 5. The SMILES string of the molecule is CC1(C)c2cc(N(c3ccccc3)c3ccc(-c4ccc(-c5nc6ccccc6o5)cc4)cc3)ccc2-c2ccc(N(c3ccccc3)c3ccc(-c4ccc(-c5nc6ccccc6o5)cc4)cc3)cc21. The molecule has 2 heterocycles. The van der Waals surface area contributed by atoms with Gasteiger partial charge in [0, 0.05) is 50.7 Å². The number of hydrogen-bond donors (Lipinski definition) is 0. The van der Waals surface area contributed by atoms with Crippen molar-refractivity contribution in [3.05, 3.63) is 254 Å². The summed E-state index contributed by atoms with van der Waals surface area (Å²) in [6.07, 6.45) is 0. The maximum absolute atomic E-state index is 6.04. The lowest BCUT2D eigenvalue weighted by atomic mass is 9.82. The van der Waals surface area contributed by atoms with Gasteiger partial charge in [0.25, 0.3) is 0 Å². The van der Waals surface area contributed by atoms with Gasteiger partial charge in [0.15, 0.2) is 11.2 Å². The smallest absolute Gasteiger partial charge is 0.227 e. The molecule has 0 unspecified atom stereocenters. The van der Waals surface area contributed by atoms with Crippen LogP contribution >= 0.6 is 0 Å². The van der Waals surface area contributed by atoms with Crippen LogP contribution in [0.2, 0.25) is 0 Å². The van der Waals surface area contributed by atoms with Gasteiger partial charge in [-0.1, -0.05) is 135 Å². The zero-order valence-electron chi connectivity index (χ0n) is 39.2. The lowest BCUT2D eigenvalue weighted by Gasteiger charge is -2.29. The van der Waals surface area contributed by atoms with Crippen molar-refractivity contribution in [3.63, 3.8) is 0 Å². The first-order chi connectivity index (χ1) is 34.9. The summed E-state index contributed by atoms with van der Waals surface area (Å²) in [5.41, 5.74) is 21.2. The molecule has 10 aromatic carbocycles. The van der Waals surface area contributed by atoms with Crippen molar-refractivity contribution < 1.29 is 8.83 Å². The van der Waals surface area contributed by atoms with E-state index >= 15 is 0 Å². The average Bonchev–Trinajstić information content (AvgIpc) is 4.13. The summed E-state index contributed by atoms with van der Waals surface area (Å²) in [5.74, 6) is 1.25. The largest absolute Gasteiger partial charge is 0.436 e. The summed E-state index contributed by atoms with van der Waals surface area (Å²) in [6, 6.07) is 85.6. The number of anilines is 6. The molecule has 6 nitrogen and oxygen atoms in total. The Labute approximate surface area is 412 Å². The number of aromatic nitrogens is 2.